The van der Waals surface area contributed by atoms with Gasteiger partial charge in [-0.25, -0.2) is 13.6 Å². The summed E-state index contributed by atoms with van der Waals surface area (Å²) in [5, 5.41) is 14.4. The Balaban J connectivity index is 3.53. The monoisotopic (exact) mass is 216 g/mol. The number of hydrogen-bond donors (Lipinski definition) is 3. The average molecular weight is 216 g/mol. The first-order valence-electron chi connectivity index (χ1n) is 3.91. The van der Waals surface area contributed by atoms with Crippen LogP contribution in [0.2, 0.25) is 0 Å². The second kappa shape index (κ2) is 3.56. The molecule has 0 saturated carbocycles. The van der Waals surface area contributed by atoms with Crippen LogP contribution < -0.4 is 10.9 Å². The molecule has 0 bridgehead atoms. The molecule has 0 aliphatic heterocycles. The van der Waals surface area contributed by atoms with Crippen molar-refractivity contribution in [2.24, 2.45) is 10.9 Å². The maximum Gasteiger partial charge on any atom is 0.241 e. The number of phenolic OH excluding ortho intramolecular Hbond substituents is 1. The topological polar surface area (TPSA) is 106 Å². The molecule has 0 saturated heterocycles. The highest BCUT2D eigenvalue weighted by Crippen LogP contribution is 2.27. The molecule has 1 aromatic carbocycles. The standard InChI is InChI=1S/C8H12N2O3S/c1-5-2-6(4-9)8(11)7(3-5)14(10,12)13/h2-3,11H,4,9H2,1H3,(H2,10,12,13). The molecule has 0 radical (unpaired) electrons. The molecule has 5 nitrogen and oxygen atoms in total. The first-order chi connectivity index (χ1) is 6.36. The number of primary sulfonamides is 1. The van der Waals surface area contributed by atoms with Crippen molar-refractivity contribution in [1.82, 2.24) is 0 Å². The van der Waals surface area contributed by atoms with Crippen LogP contribution in [0.3, 0.4) is 0 Å². The molecule has 1 aromatic rings. The molecule has 0 aliphatic carbocycles. The third kappa shape index (κ3) is 2.03. The van der Waals surface area contributed by atoms with E-state index in [1.165, 1.54) is 6.07 Å². The summed E-state index contributed by atoms with van der Waals surface area (Å²) in [6.07, 6.45) is 0. The van der Waals surface area contributed by atoms with Gasteiger partial charge in [-0.3, -0.25) is 0 Å². The molecule has 0 aromatic heterocycles. The first kappa shape index (κ1) is 11.0. The maximum absolute atomic E-state index is 11.1. The Morgan fingerprint density at radius 3 is 2.43 bits per heavy atom. The lowest BCUT2D eigenvalue weighted by Gasteiger charge is -2.08. The van der Waals surface area contributed by atoms with Crippen LogP contribution in [-0.4, -0.2) is 13.5 Å². The maximum atomic E-state index is 11.1. The van der Waals surface area contributed by atoms with Gasteiger partial charge >= 0.3 is 0 Å². The molecular weight excluding hydrogens is 204 g/mol. The average Bonchev–Trinajstić information content (AvgIpc) is 2.06. The lowest BCUT2D eigenvalue weighted by molar-refractivity contribution is 0.451. The van der Waals surface area contributed by atoms with Crippen molar-refractivity contribution >= 4 is 10.0 Å². The summed E-state index contributed by atoms with van der Waals surface area (Å²) >= 11 is 0. The Kier molecular flexibility index (Phi) is 2.79. The van der Waals surface area contributed by atoms with Crippen LogP contribution >= 0.6 is 0 Å². The second-order valence-corrected chi connectivity index (χ2v) is 4.55. The van der Waals surface area contributed by atoms with E-state index in [2.05, 4.69) is 0 Å². The van der Waals surface area contributed by atoms with Crippen molar-refractivity contribution in [3.63, 3.8) is 0 Å². The molecule has 6 heteroatoms. The molecule has 0 spiro atoms. The Morgan fingerprint density at radius 2 is 2.00 bits per heavy atom. The van der Waals surface area contributed by atoms with E-state index in [9.17, 15) is 13.5 Å². The van der Waals surface area contributed by atoms with Crippen LogP contribution in [0.5, 0.6) is 5.75 Å². The second-order valence-electron chi connectivity index (χ2n) is 3.02. The minimum Gasteiger partial charge on any atom is -0.506 e. The van der Waals surface area contributed by atoms with Crippen LogP contribution in [0.1, 0.15) is 11.1 Å². The molecule has 0 amide bonds. The van der Waals surface area contributed by atoms with E-state index in [1.54, 1.807) is 13.0 Å². The molecule has 14 heavy (non-hydrogen) atoms. The summed E-state index contributed by atoms with van der Waals surface area (Å²) in [5.41, 5.74) is 6.39. The first-order valence-corrected chi connectivity index (χ1v) is 5.46. The van der Waals surface area contributed by atoms with E-state index in [-0.39, 0.29) is 17.2 Å². The van der Waals surface area contributed by atoms with Crippen LogP contribution in [0.4, 0.5) is 0 Å². The summed E-state index contributed by atoms with van der Waals surface area (Å²) < 4.78 is 22.1. The van der Waals surface area contributed by atoms with Gasteiger partial charge in [-0.2, -0.15) is 0 Å². The highest BCUT2D eigenvalue weighted by atomic mass is 32.2. The van der Waals surface area contributed by atoms with Gasteiger partial charge < -0.3 is 10.8 Å². The van der Waals surface area contributed by atoms with E-state index in [1.807, 2.05) is 0 Å². The van der Waals surface area contributed by atoms with Crippen molar-refractivity contribution < 1.29 is 13.5 Å². The molecule has 5 N–H and O–H groups in total. The smallest absolute Gasteiger partial charge is 0.241 e. The minimum atomic E-state index is -3.89. The molecule has 0 heterocycles. The molecule has 0 aliphatic rings. The summed E-state index contributed by atoms with van der Waals surface area (Å²) in [4.78, 5) is -0.280. The van der Waals surface area contributed by atoms with E-state index in [0.717, 1.165) is 0 Å². The van der Waals surface area contributed by atoms with Crippen LogP contribution in [-0.2, 0) is 16.6 Å². The van der Waals surface area contributed by atoms with Gasteiger partial charge in [0.1, 0.15) is 10.6 Å². The van der Waals surface area contributed by atoms with Crippen molar-refractivity contribution in [3.8, 4) is 5.75 Å². The molecule has 0 unspecified atom stereocenters. The molecule has 0 atom stereocenters. The van der Waals surface area contributed by atoms with E-state index in [4.69, 9.17) is 10.9 Å². The lowest BCUT2D eigenvalue weighted by atomic mass is 10.1. The number of hydrogen-bond acceptors (Lipinski definition) is 4. The highest BCUT2D eigenvalue weighted by molar-refractivity contribution is 7.89. The van der Waals surface area contributed by atoms with E-state index in [0.29, 0.717) is 11.1 Å². The summed E-state index contributed by atoms with van der Waals surface area (Å²) in [7, 11) is -3.89. The molecule has 1 rings (SSSR count). The predicted molar refractivity (Wildman–Crippen MR) is 52.1 cm³/mol. The quantitative estimate of drug-likeness (QED) is 0.636. The number of aromatic hydroxyl groups is 1. The Morgan fingerprint density at radius 1 is 1.43 bits per heavy atom. The highest BCUT2D eigenvalue weighted by Gasteiger charge is 2.16. The normalized spacial score (nSPS) is 11.6. The third-order valence-corrected chi connectivity index (χ3v) is 2.75. The number of aryl methyl sites for hydroxylation is 1. The number of sulfonamides is 1. The van der Waals surface area contributed by atoms with Gasteiger partial charge in [-0.15, -0.1) is 0 Å². The van der Waals surface area contributed by atoms with Crippen molar-refractivity contribution in [3.05, 3.63) is 23.3 Å². The summed E-state index contributed by atoms with van der Waals surface area (Å²) in [6, 6.07) is 2.92. The van der Waals surface area contributed by atoms with Gasteiger partial charge in [0, 0.05) is 12.1 Å². The van der Waals surface area contributed by atoms with Crippen LogP contribution in [0, 0.1) is 6.92 Å². The number of rotatable bonds is 2. The zero-order chi connectivity index (χ0) is 10.9. The molecule has 0 fully saturated rings. The zero-order valence-electron chi connectivity index (χ0n) is 7.69. The van der Waals surface area contributed by atoms with Gasteiger partial charge in [-0.05, 0) is 18.6 Å². The Bertz CT molecular complexity index is 454. The number of phenols is 1. The van der Waals surface area contributed by atoms with Crippen LogP contribution in [0.25, 0.3) is 0 Å². The van der Waals surface area contributed by atoms with Crippen molar-refractivity contribution in [2.75, 3.05) is 0 Å². The fourth-order valence-corrected chi connectivity index (χ4v) is 1.94. The van der Waals surface area contributed by atoms with Crippen molar-refractivity contribution in [2.45, 2.75) is 18.4 Å². The largest absolute Gasteiger partial charge is 0.506 e. The summed E-state index contributed by atoms with van der Waals surface area (Å²) in [5.74, 6) is -0.361. The fourth-order valence-electron chi connectivity index (χ4n) is 1.19. The SMILES string of the molecule is Cc1cc(CN)c(O)c(S(N)(=O)=O)c1. The van der Waals surface area contributed by atoms with Gasteiger partial charge in [-0.1, -0.05) is 6.07 Å². The summed E-state index contributed by atoms with van der Waals surface area (Å²) in [6.45, 7) is 1.77. The number of nitrogens with two attached hydrogens (primary N) is 2. The van der Waals surface area contributed by atoms with Gasteiger partial charge in [0.05, 0.1) is 0 Å². The third-order valence-electron chi connectivity index (χ3n) is 1.82. The Hall–Kier alpha value is -1.11. The zero-order valence-corrected chi connectivity index (χ0v) is 8.50. The van der Waals surface area contributed by atoms with E-state index < -0.39 is 10.0 Å². The molecule has 78 valence electrons. The lowest BCUT2D eigenvalue weighted by Crippen LogP contribution is -2.13. The predicted octanol–water partition coefficient (Wildman–Crippen LogP) is -0.193. The van der Waals surface area contributed by atoms with Gasteiger partial charge in [0.2, 0.25) is 10.0 Å². The fraction of sp³-hybridized carbons (Fsp3) is 0.250. The Labute approximate surface area is 82.4 Å². The number of benzene rings is 1. The van der Waals surface area contributed by atoms with Gasteiger partial charge in [0.25, 0.3) is 0 Å². The molecular formula is C8H12N2O3S. The minimum absolute atomic E-state index is 0.0655. The van der Waals surface area contributed by atoms with E-state index >= 15 is 0 Å². The van der Waals surface area contributed by atoms with Crippen LogP contribution in [0.15, 0.2) is 17.0 Å². The van der Waals surface area contributed by atoms with Crippen molar-refractivity contribution in [1.29, 1.82) is 0 Å². The van der Waals surface area contributed by atoms with Gasteiger partial charge in [0.15, 0.2) is 0 Å².